The molecule has 0 aliphatic carbocycles. The fourth-order valence-electron chi connectivity index (χ4n) is 4.13. The molecule has 176 valence electrons. The smallest absolute Gasteiger partial charge is 0.270 e. The molecule has 8 nitrogen and oxygen atoms in total. The summed E-state index contributed by atoms with van der Waals surface area (Å²) in [5.41, 5.74) is 2.13. The van der Waals surface area contributed by atoms with Gasteiger partial charge in [0, 0.05) is 48.4 Å². The van der Waals surface area contributed by atoms with Crippen LogP contribution >= 0.6 is 22.7 Å². The minimum Gasteiger partial charge on any atom is -0.379 e. The Kier molecular flexibility index (Phi) is 6.55. The highest BCUT2D eigenvalue weighted by Gasteiger charge is 2.25. The number of carbonyl (C=O) groups is 1. The van der Waals surface area contributed by atoms with Gasteiger partial charge in [-0.2, -0.15) is 0 Å². The summed E-state index contributed by atoms with van der Waals surface area (Å²) in [6, 6.07) is 12.6. The van der Waals surface area contributed by atoms with Gasteiger partial charge in [-0.1, -0.05) is 30.4 Å². The summed E-state index contributed by atoms with van der Waals surface area (Å²) in [4.78, 5) is 34.0. The van der Waals surface area contributed by atoms with Gasteiger partial charge >= 0.3 is 0 Å². The van der Waals surface area contributed by atoms with E-state index < -0.39 is 4.92 Å². The number of hydrogen-bond donors (Lipinski definition) is 0. The maximum atomic E-state index is 13.8. The number of fused-ring (bicyclic) bond motifs is 2. The van der Waals surface area contributed by atoms with Crippen molar-refractivity contribution in [2.75, 3.05) is 44.3 Å². The van der Waals surface area contributed by atoms with Crippen molar-refractivity contribution in [3.8, 4) is 0 Å². The number of carbonyl (C=O) groups excluding carboxylic acids is 1. The van der Waals surface area contributed by atoms with Crippen LogP contribution in [-0.4, -0.2) is 60.1 Å². The zero-order chi connectivity index (χ0) is 23.7. The van der Waals surface area contributed by atoms with Crippen LogP contribution in [-0.2, 0) is 11.2 Å². The predicted molar refractivity (Wildman–Crippen MR) is 136 cm³/mol. The van der Waals surface area contributed by atoms with Crippen LogP contribution in [0.15, 0.2) is 42.5 Å². The second-order valence-corrected chi connectivity index (χ2v) is 10.2. The molecule has 5 rings (SSSR count). The third-order valence-corrected chi connectivity index (χ3v) is 8.16. The molecule has 3 heterocycles. The summed E-state index contributed by atoms with van der Waals surface area (Å²) in [7, 11) is 0. The lowest BCUT2D eigenvalue weighted by molar-refractivity contribution is -0.384. The van der Waals surface area contributed by atoms with Gasteiger partial charge in [-0.05, 0) is 30.2 Å². The number of thiazole rings is 1. The minimum atomic E-state index is -0.417. The molecule has 10 heteroatoms. The number of aryl methyl sites for hydroxylation is 1. The van der Waals surface area contributed by atoms with Gasteiger partial charge in [0.1, 0.15) is 0 Å². The number of nitro benzene ring substituents is 1. The lowest BCUT2D eigenvalue weighted by Gasteiger charge is -2.29. The maximum Gasteiger partial charge on any atom is 0.270 e. The van der Waals surface area contributed by atoms with Gasteiger partial charge in [-0.25, -0.2) is 4.98 Å². The lowest BCUT2D eigenvalue weighted by Crippen LogP contribution is -2.43. The Labute approximate surface area is 204 Å². The van der Waals surface area contributed by atoms with Gasteiger partial charge in [-0.3, -0.25) is 24.7 Å². The predicted octanol–water partition coefficient (Wildman–Crippen LogP) is 4.96. The molecule has 1 amide bonds. The van der Waals surface area contributed by atoms with Gasteiger partial charge in [0.25, 0.3) is 11.6 Å². The number of nitrogens with zero attached hydrogens (tertiary/aromatic N) is 4. The number of para-hydroxylation sites is 1. The summed E-state index contributed by atoms with van der Waals surface area (Å²) in [6.45, 7) is 6.42. The van der Waals surface area contributed by atoms with E-state index in [1.165, 1.54) is 34.8 Å². The number of benzene rings is 2. The number of nitro groups is 1. The molecule has 2 aromatic heterocycles. The molecule has 1 fully saturated rings. The Morgan fingerprint density at radius 3 is 2.76 bits per heavy atom. The van der Waals surface area contributed by atoms with Crippen molar-refractivity contribution in [3.63, 3.8) is 0 Å². The topological polar surface area (TPSA) is 88.8 Å². The summed E-state index contributed by atoms with van der Waals surface area (Å²) in [5.74, 6) is -0.130. The van der Waals surface area contributed by atoms with Crippen LogP contribution in [0.2, 0.25) is 0 Å². The SMILES string of the molecule is CCc1cccc2sc(N(CCN3CCOCC3)C(=O)c3cc4cc([N+](=O)[O-])ccc4s3)nc12. The molecular formula is C24H24N4O4S2. The molecule has 0 saturated carbocycles. The highest BCUT2D eigenvalue weighted by atomic mass is 32.1. The van der Waals surface area contributed by atoms with Crippen molar-refractivity contribution in [2.45, 2.75) is 13.3 Å². The molecule has 1 aliphatic rings. The van der Waals surface area contributed by atoms with Crippen LogP contribution in [0.25, 0.3) is 20.3 Å². The summed E-state index contributed by atoms with van der Waals surface area (Å²) < 4.78 is 7.36. The average molecular weight is 497 g/mol. The summed E-state index contributed by atoms with van der Waals surface area (Å²) in [5, 5.41) is 12.5. The molecule has 0 spiro atoms. The number of thiophene rings is 1. The zero-order valence-corrected chi connectivity index (χ0v) is 20.4. The van der Waals surface area contributed by atoms with E-state index in [1.807, 2.05) is 12.1 Å². The van der Waals surface area contributed by atoms with Crippen LogP contribution < -0.4 is 4.90 Å². The second-order valence-electron chi connectivity index (χ2n) is 8.11. The molecule has 4 aromatic rings. The lowest BCUT2D eigenvalue weighted by atomic mass is 10.1. The molecule has 0 bridgehead atoms. The second kappa shape index (κ2) is 9.75. The van der Waals surface area contributed by atoms with E-state index in [9.17, 15) is 14.9 Å². The third-order valence-electron chi connectivity index (χ3n) is 6.01. The quantitative estimate of drug-likeness (QED) is 0.265. The van der Waals surface area contributed by atoms with Gasteiger partial charge in [0.05, 0.1) is 33.2 Å². The van der Waals surface area contributed by atoms with Gasteiger partial charge in [0.2, 0.25) is 0 Å². The normalized spacial score (nSPS) is 14.6. The first-order valence-electron chi connectivity index (χ1n) is 11.2. The van der Waals surface area contributed by atoms with E-state index in [0.717, 1.165) is 46.5 Å². The summed E-state index contributed by atoms with van der Waals surface area (Å²) >= 11 is 2.88. The number of amides is 1. The molecule has 1 saturated heterocycles. The Hall–Kier alpha value is -2.92. The van der Waals surface area contributed by atoms with Gasteiger partial charge < -0.3 is 4.74 Å². The number of morpholine rings is 1. The van der Waals surface area contributed by atoms with Gasteiger partial charge in [0.15, 0.2) is 5.13 Å². The van der Waals surface area contributed by atoms with Crippen molar-refractivity contribution in [1.82, 2.24) is 9.88 Å². The molecule has 0 unspecified atom stereocenters. The van der Waals surface area contributed by atoms with Crippen LogP contribution in [0.1, 0.15) is 22.2 Å². The number of aromatic nitrogens is 1. The number of ether oxygens (including phenoxy) is 1. The summed E-state index contributed by atoms with van der Waals surface area (Å²) in [6.07, 6.45) is 0.872. The first-order chi connectivity index (χ1) is 16.5. The maximum absolute atomic E-state index is 13.8. The van der Waals surface area contributed by atoms with Crippen molar-refractivity contribution < 1.29 is 14.5 Å². The van der Waals surface area contributed by atoms with Crippen LogP contribution in [0.4, 0.5) is 10.8 Å². The van der Waals surface area contributed by atoms with Gasteiger partial charge in [-0.15, -0.1) is 11.3 Å². The Morgan fingerprint density at radius 1 is 1.18 bits per heavy atom. The molecule has 1 aliphatic heterocycles. The third kappa shape index (κ3) is 4.54. The monoisotopic (exact) mass is 496 g/mol. The molecule has 34 heavy (non-hydrogen) atoms. The average Bonchev–Trinajstić information content (AvgIpc) is 3.48. The minimum absolute atomic E-state index is 0.0201. The van der Waals surface area contributed by atoms with Crippen molar-refractivity contribution >= 4 is 59.7 Å². The molecule has 0 atom stereocenters. The van der Waals surface area contributed by atoms with Crippen molar-refractivity contribution in [2.24, 2.45) is 0 Å². The molecule has 2 aromatic carbocycles. The van der Waals surface area contributed by atoms with E-state index in [0.29, 0.717) is 35.2 Å². The Morgan fingerprint density at radius 2 is 2.00 bits per heavy atom. The zero-order valence-electron chi connectivity index (χ0n) is 18.7. The van der Waals surface area contributed by atoms with E-state index in [1.54, 1.807) is 17.0 Å². The number of hydrogen-bond acceptors (Lipinski definition) is 8. The number of non-ortho nitro benzene ring substituents is 1. The van der Waals surface area contributed by atoms with Crippen molar-refractivity contribution in [1.29, 1.82) is 0 Å². The molecule has 0 N–H and O–H groups in total. The largest absolute Gasteiger partial charge is 0.379 e. The van der Waals surface area contributed by atoms with E-state index >= 15 is 0 Å². The van der Waals surface area contributed by atoms with Crippen LogP contribution in [0.3, 0.4) is 0 Å². The van der Waals surface area contributed by atoms with E-state index in [-0.39, 0.29) is 11.6 Å². The fourth-order valence-corrected chi connectivity index (χ4v) is 6.16. The molecule has 0 radical (unpaired) electrons. The molecular weight excluding hydrogens is 472 g/mol. The Balaban J connectivity index is 1.50. The van der Waals surface area contributed by atoms with E-state index in [2.05, 4.69) is 17.9 Å². The first-order valence-corrected chi connectivity index (χ1v) is 12.8. The highest BCUT2D eigenvalue weighted by Crippen LogP contribution is 2.34. The van der Waals surface area contributed by atoms with Crippen molar-refractivity contribution in [3.05, 3.63) is 63.0 Å². The van der Waals surface area contributed by atoms with Crippen LogP contribution in [0, 0.1) is 10.1 Å². The first kappa shape index (κ1) is 22.9. The fraction of sp³-hybridized carbons (Fsp3) is 0.333. The standard InChI is InChI=1S/C24H24N4O4S2/c1-2-16-4-3-5-20-22(16)25-24(34-20)27(9-8-26-10-12-32-13-11-26)23(29)21-15-17-14-18(28(30)31)6-7-19(17)33-21/h3-7,14-15H,2,8-13H2,1H3. The van der Waals surface area contributed by atoms with Crippen LogP contribution in [0.5, 0.6) is 0 Å². The highest BCUT2D eigenvalue weighted by molar-refractivity contribution is 7.23. The number of rotatable bonds is 7. The number of anilines is 1. The van der Waals surface area contributed by atoms with E-state index in [4.69, 9.17) is 9.72 Å². The Bertz CT molecular complexity index is 1360.